The number of likely N-dealkylation sites (N-methyl/N-ethyl adjacent to an activating group) is 1. The number of hydrogen-bond donors (Lipinski definition) is 1. The lowest BCUT2D eigenvalue weighted by Crippen LogP contribution is -2.50. The summed E-state index contributed by atoms with van der Waals surface area (Å²) in [4.78, 5) is 38.2. The number of ether oxygens (including phenoxy) is 1. The molecule has 0 spiro atoms. The molecule has 36 heavy (non-hydrogen) atoms. The van der Waals surface area contributed by atoms with Crippen molar-refractivity contribution in [3.63, 3.8) is 0 Å². The highest BCUT2D eigenvalue weighted by molar-refractivity contribution is 5.97. The van der Waals surface area contributed by atoms with Crippen LogP contribution >= 0.6 is 0 Å². The second-order valence-corrected chi connectivity index (χ2v) is 9.87. The standard InChI is InChI=1S/C28H34N4O4/c1-19-16-32(20(2)18-33)28(35)24-14-22(9-8-21-6-4-5-7-21)15-30-26(24)36-25(19)17-31(3)27(34)23-10-12-29-13-11-23/h10-15,19-21,25,33H,4-7,16-18H2,1-3H3/t19-,20-,25+/m1/s1. The highest BCUT2D eigenvalue weighted by Crippen LogP contribution is 2.28. The van der Waals surface area contributed by atoms with Gasteiger partial charge in [0.2, 0.25) is 5.88 Å². The molecule has 3 atom stereocenters. The average Bonchev–Trinajstić information content (AvgIpc) is 3.43. The first-order chi connectivity index (χ1) is 17.4. The molecule has 2 aromatic heterocycles. The maximum absolute atomic E-state index is 13.5. The van der Waals surface area contributed by atoms with Crippen LogP contribution in [0.3, 0.4) is 0 Å². The van der Waals surface area contributed by atoms with Gasteiger partial charge in [-0.3, -0.25) is 14.6 Å². The number of pyridine rings is 2. The molecule has 2 aliphatic rings. The normalized spacial score (nSPS) is 20.9. The summed E-state index contributed by atoms with van der Waals surface area (Å²) in [6, 6.07) is 4.71. The molecule has 1 fully saturated rings. The lowest BCUT2D eigenvalue weighted by molar-refractivity contribution is 0.0313. The van der Waals surface area contributed by atoms with Crippen molar-refractivity contribution in [3.8, 4) is 17.7 Å². The molecule has 0 bridgehead atoms. The van der Waals surface area contributed by atoms with E-state index in [4.69, 9.17) is 4.74 Å². The topological polar surface area (TPSA) is 95.9 Å². The van der Waals surface area contributed by atoms with Gasteiger partial charge >= 0.3 is 0 Å². The van der Waals surface area contributed by atoms with Gasteiger partial charge in [0.05, 0.1) is 19.2 Å². The number of carbonyl (C=O) groups excluding carboxylic acids is 2. The van der Waals surface area contributed by atoms with Crippen LogP contribution in [0.5, 0.6) is 5.88 Å². The van der Waals surface area contributed by atoms with E-state index in [1.54, 1.807) is 53.6 Å². The molecule has 1 aliphatic carbocycles. The molecule has 0 saturated heterocycles. The summed E-state index contributed by atoms with van der Waals surface area (Å²) in [7, 11) is 1.73. The zero-order chi connectivity index (χ0) is 25.7. The fraction of sp³-hybridized carbons (Fsp3) is 0.500. The molecule has 8 heteroatoms. The minimum absolute atomic E-state index is 0.118. The van der Waals surface area contributed by atoms with E-state index in [-0.39, 0.29) is 36.3 Å². The number of aliphatic hydroxyl groups excluding tert-OH is 1. The molecule has 190 valence electrons. The van der Waals surface area contributed by atoms with Crippen molar-refractivity contribution >= 4 is 11.8 Å². The number of amides is 2. The lowest BCUT2D eigenvalue weighted by Gasteiger charge is -2.37. The minimum atomic E-state index is -0.413. The Morgan fingerprint density at radius 3 is 2.72 bits per heavy atom. The Morgan fingerprint density at radius 2 is 2.03 bits per heavy atom. The summed E-state index contributed by atoms with van der Waals surface area (Å²) in [6.45, 7) is 4.32. The first-order valence-electron chi connectivity index (χ1n) is 12.6. The summed E-state index contributed by atoms with van der Waals surface area (Å²) in [5.74, 6) is 6.63. The van der Waals surface area contributed by atoms with Gasteiger partial charge in [0.15, 0.2) is 0 Å². The van der Waals surface area contributed by atoms with Gasteiger partial charge in [0.1, 0.15) is 11.7 Å². The smallest absolute Gasteiger partial charge is 0.259 e. The molecule has 8 nitrogen and oxygen atoms in total. The Bertz CT molecular complexity index is 1140. The number of hydrogen-bond acceptors (Lipinski definition) is 6. The zero-order valence-corrected chi connectivity index (χ0v) is 21.2. The Kier molecular flexibility index (Phi) is 8.21. The third-order valence-electron chi connectivity index (χ3n) is 7.02. The second kappa shape index (κ2) is 11.5. The number of rotatable bonds is 5. The van der Waals surface area contributed by atoms with Crippen molar-refractivity contribution in [2.24, 2.45) is 11.8 Å². The van der Waals surface area contributed by atoms with Gasteiger partial charge in [-0.15, -0.1) is 0 Å². The monoisotopic (exact) mass is 490 g/mol. The van der Waals surface area contributed by atoms with Crippen LogP contribution in [0, 0.1) is 23.7 Å². The van der Waals surface area contributed by atoms with Gasteiger partial charge in [0, 0.05) is 55.1 Å². The third-order valence-corrected chi connectivity index (χ3v) is 7.02. The molecular weight excluding hydrogens is 456 g/mol. The third kappa shape index (κ3) is 5.85. The van der Waals surface area contributed by atoms with E-state index in [0.717, 1.165) is 12.8 Å². The predicted molar refractivity (Wildman–Crippen MR) is 135 cm³/mol. The summed E-state index contributed by atoms with van der Waals surface area (Å²) >= 11 is 0. The van der Waals surface area contributed by atoms with Crippen molar-refractivity contribution in [1.82, 2.24) is 19.8 Å². The molecule has 0 aromatic carbocycles. The van der Waals surface area contributed by atoms with Crippen molar-refractivity contribution in [2.75, 3.05) is 26.7 Å². The molecule has 4 rings (SSSR count). The molecule has 2 amide bonds. The fourth-order valence-corrected chi connectivity index (χ4v) is 4.71. The number of nitrogens with zero attached hydrogens (tertiary/aromatic N) is 4. The average molecular weight is 491 g/mol. The quantitative estimate of drug-likeness (QED) is 0.648. The molecule has 1 aliphatic heterocycles. The van der Waals surface area contributed by atoms with E-state index >= 15 is 0 Å². The SMILES string of the molecule is C[C@@H]1CN([C@H](C)CO)C(=O)c2cc(C#CC3CCCC3)cnc2O[C@H]1CN(C)C(=O)c1ccncc1. The largest absolute Gasteiger partial charge is 0.472 e. The first kappa shape index (κ1) is 25.6. The van der Waals surface area contributed by atoms with Gasteiger partial charge in [-0.05, 0) is 38.0 Å². The van der Waals surface area contributed by atoms with Gasteiger partial charge in [-0.2, -0.15) is 0 Å². The van der Waals surface area contributed by atoms with Crippen molar-refractivity contribution in [1.29, 1.82) is 0 Å². The zero-order valence-electron chi connectivity index (χ0n) is 21.2. The number of fused-ring (bicyclic) bond motifs is 1. The molecule has 1 saturated carbocycles. The van der Waals surface area contributed by atoms with Crippen LogP contribution in [0.1, 0.15) is 65.8 Å². The number of aromatic nitrogens is 2. The molecule has 0 radical (unpaired) electrons. The second-order valence-electron chi connectivity index (χ2n) is 9.87. The van der Waals surface area contributed by atoms with E-state index in [1.165, 1.54) is 12.8 Å². The maximum Gasteiger partial charge on any atom is 0.259 e. The molecule has 1 N–H and O–H groups in total. The van der Waals surface area contributed by atoms with Crippen LogP contribution in [0.25, 0.3) is 0 Å². The Balaban J connectivity index is 1.62. The van der Waals surface area contributed by atoms with Crippen LogP contribution in [0.4, 0.5) is 0 Å². The molecule has 3 heterocycles. The Hall–Kier alpha value is -3.44. The van der Waals surface area contributed by atoms with Crippen LogP contribution < -0.4 is 4.74 Å². The lowest BCUT2D eigenvalue weighted by atomic mass is 9.99. The minimum Gasteiger partial charge on any atom is -0.472 e. The van der Waals surface area contributed by atoms with Crippen LogP contribution in [0.2, 0.25) is 0 Å². The van der Waals surface area contributed by atoms with Crippen LogP contribution in [-0.4, -0.2) is 75.6 Å². The summed E-state index contributed by atoms with van der Waals surface area (Å²) < 4.78 is 6.30. The fourth-order valence-electron chi connectivity index (χ4n) is 4.71. The first-order valence-corrected chi connectivity index (χ1v) is 12.6. The molecule has 2 aromatic rings. The maximum atomic E-state index is 13.5. The summed E-state index contributed by atoms with van der Waals surface area (Å²) in [5, 5.41) is 9.85. The van der Waals surface area contributed by atoms with Gasteiger partial charge in [-0.25, -0.2) is 4.98 Å². The van der Waals surface area contributed by atoms with E-state index in [2.05, 4.69) is 21.8 Å². The summed E-state index contributed by atoms with van der Waals surface area (Å²) in [6.07, 6.45) is 9.04. The van der Waals surface area contributed by atoms with Gasteiger partial charge in [-0.1, -0.05) is 31.6 Å². The van der Waals surface area contributed by atoms with Crippen molar-refractivity contribution < 1.29 is 19.4 Å². The van der Waals surface area contributed by atoms with E-state index in [9.17, 15) is 14.7 Å². The van der Waals surface area contributed by atoms with Crippen LogP contribution in [0.15, 0.2) is 36.8 Å². The molecular formula is C28H34N4O4. The highest BCUT2D eigenvalue weighted by Gasteiger charge is 2.34. The van der Waals surface area contributed by atoms with Crippen molar-refractivity contribution in [2.45, 2.75) is 51.7 Å². The van der Waals surface area contributed by atoms with E-state index in [0.29, 0.717) is 35.7 Å². The molecule has 0 unspecified atom stereocenters. The van der Waals surface area contributed by atoms with Crippen molar-refractivity contribution in [3.05, 3.63) is 53.5 Å². The van der Waals surface area contributed by atoms with Gasteiger partial charge in [0.25, 0.3) is 11.8 Å². The number of aliphatic hydroxyl groups is 1. The highest BCUT2D eigenvalue weighted by atomic mass is 16.5. The van der Waals surface area contributed by atoms with Crippen LogP contribution in [-0.2, 0) is 0 Å². The van der Waals surface area contributed by atoms with E-state index < -0.39 is 6.10 Å². The predicted octanol–water partition coefficient (Wildman–Crippen LogP) is 3.01. The Morgan fingerprint density at radius 1 is 1.31 bits per heavy atom. The Labute approximate surface area is 212 Å². The summed E-state index contributed by atoms with van der Waals surface area (Å²) in [5.41, 5.74) is 1.54. The van der Waals surface area contributed by atoms with E-state index in [1.807, 2.05) is 13.8 Å². The van der Waals surface area contributed by atoms with Gasteiger partial charge < -0.3 is 19.6 Å². The number of carbonyl (C=O) groups is 2.